The number of aromatic nitrogens is 3. The Labute approximate surface area is 107 Å². The number of rotatable bonds is 4. The van der Waals surface area contributed by atoms with Crippen molar-refractivity contribution in [2.45, 2.75) is 39.2 Å². The molecule has 1 fully saturated rings. The van der Waals surface area contributed by atoms with Gasteiger partial charge in [-0.3, -0.25) is 0 Å². The van der Waals surface area contributed by atoms with Gasteiger partial charge in [-0.25, -0.2) is 9.97 Å². The first-order chi connectivity index (χ1) is 8.78. The van der Waals surface area contributed by atoms with Gasteiger partial charge < -0.3 is 10.3 Å². The van der Waals surface area contributed by atoms with Crippen molar-refractivity contribution in [3.05, 3.63) is 24.2 Å². The fourth-order valence-corrected chi connectivity index (χ4v) is 2.94. The van der Waals surface area contributed by atoms with Crippen molar-refractivity contribution < 1.29 is 0 Å². The molecule has 0 aromatic carbocycles. The highest BCUT2D eigenvalue weighted by atomic mass is 15.1. The van der Waals surface area contributed by atoms with Crippen LogP contribution in [0.3, 0.4) is 0 Å². The van der Waals surface area contributed by atoms with Gasteiger partial charge in [0.2, 0.25) is 0 Å². The van der Waals surface area contributed by atoms with Crippen molar-refractivity contribution >= 4 is 11.2 Å². The fourth-order valence-electron chi connectivity index (χ4n) is 2.94. The molecule has 4 heteroatoms. The summed E-state index contributed by atoms with van der Waals surface area (Å²) in [4.78, 5) is 9.18. The topological polar surface area (TPSA) is 56.7 Å². The second kappa shape index (κ2) is 4.35. The van der Waals surface area contributed by atoms with E-state index < -0.39 is 0 Å². The van der Waals surface area contributed by atoms with Crippen LogP contribution in [0.5, 0.6) is 0 Å². The Kier molecular flexibility index (Phi) is 2.82. The first kappa shape index (κ1) is 11.7. The Morgan fingerprint density at radius 2 is 2.28 bits per heavy atom. The summed E-state index contributed by atoms with van der Waals surface area (Å²) in [6, 6.07) is 3.98. The number of pyridine rings is 1. The van der Waals surface area contributed by atoms with Crippen LogP contribution in [0.4, 0.5) is 0 Å². The van der Waals surface area contributed by atoms with Crippen molar-refractivity contribution in [1.82, 2.24) is 14.5 Å². The molecule has 0 atom stereocenters. The molecule has 0 amide bonds. The molecule has 0 radical (unpaired) electrons. The van der Waals surface area contributed by atoms with E-state index in [1.54, 1.807) is 0 Å². The van der Waals surface area contributed by atoms with E-state index in [-0.39, 0.29) is 0 Å². The van der Waals surface area contributed by atoms with Gasteiger partial charge in [0.05, 0.1) is 0 Å². The highest BCUT2D eigenvalue weighted by molar-refractivity contribution is 5.71. The number of imidazole rings is 1. The zero-order valence-electron chi connectivity index (χ0n) is 10.9. The summed E-state index contributed by atoms with van der Waals surface area (Å²) in [5.74, 6) is 1.15. The lowest BCUT2D eigenvalue weighted by Crippen LogP contribution is -2.39. The molecule has 2 aromatic rings. The molecular formula is C14H20N4. The van der Waals surface area contributed by atoms with E-state index >= 15 is 0 Å². The van der Waals surface area contributed by atoms with Crippen molar-refractivity contribution in [2.24, 2.45) is 11.1 Å². The number of hydrogen-bond acceptors (Lipinski definition) is 3. The summed E-state index contributed by atoms with van der Waals surface area (Å²) >= 11 is 0. The second-order valence-corrected chi connectivity index (χ2v) is 5.35. The molecule has 18 heavy (non-hydrogen) atoms. The molecule has 3 rings (SSSR count). The minimum Gasteiger partial charge on any atom is -0.330 e. The number of nitrogens with zero attached hydrogens (tertiary/aromatic N) is 3. The molecule has 96 valence electrons. The van der Waals surface area contributed by atoms with E-state index in [0.29, 0.717) is 5.41 Å². The van der Waals surface area contributed by atoms with Gasteiger partial charge in [-0.1, -0.05) is 6.42 Å². The van der Waals surface area contributed by atoms with Crippen LogP contribution in [0.1, 0.15) is 32.0 Å². The molecule has 0 unspecified atom stereocenters. The van der Waals surface area contributed by atoms with E-state index in [1.807, 2.05) is 18.3 Å². The standard InChI is InChI=1S/C14H20N4/c1-2-18-12(9-14(10-15)6-4-7-14)17-11-5-3-8-16-13(11)18/h3,5,8H,2,4,6-7,9-10,15H2,1H3. The lowest BCUT2D eigenvalue weighted by Gasteiger charge is -2.40. The fraction of sp³-hybridized carbons (Fsp3) is 0.571. The summed E-state index contributed by atoms with van der Waals surface area (Å²) in [7, 11) is 0. The molecule has 1 aliphatic rings. The predicted molar refractivity (Wildman–Crippen MR) is 72.2 cm³/mol. The quantitative estimate of drug-likeness (QED) is 0.896. The van der Waals surface area contributed by atoms with Gasteiger partial charge in [0.15, 0.2) is 5.65 Å². The average molecular weight is 244 g/mol. The third kappa shape index (κ3) is 1.72. The van der Waals surface area contributed by atoms with Crippen LogP contribution in [0.25, 0.3) is 11.2 Å². The molecule has 0 spiro atoms. The van der Waals surface area contributed by atoms with E-state index in [1.165, 1.54) is 19.3 Å². The maximum atomic E-state index is 5.95. The van der Waals surface area contributed by atoms with E-state index in [0.717, 1.165) is 36.5 Å². The smallest absolute Gasteiger partial charge is 0.159 e. The van der Waals surface area contributed by atoms with Crippen molar-refractivity contribution in [1.29, 1.82) is 0 Å². The Hall–Kier alpha value is -1.42. The highest BCUT2D eigenvalue weighted by Gasteiger charge is 2.37. The van der Waals surface area contributed by atoms with Gasteiger partial charge in [-0.2, -0.15) is 0 Å². The van der Waals surface area contributed by atoms with Crippen LogP contribution in [0.2, 0.25) is 0 Å². The summed E-state index contributed by atoms with van der Waals surface area (Å²) in [6.07, 6.45) is 6.62. The Morgan fingerprint density at radius 3 is 2.89 bits per heavy atom. The van der Waals surface area contributed by atoms with Crippen molar-refractivity contribution in [3.8, 4) is 0 Å². The van der Waals surface area contributed by atoms with Crippen LogP contribution < -0.4 is 5.73 Å². The third-order valence-electron chi connectivity index (χ3n) is 4.28. The SMILES string of the molecule is CCn1c(CC2(CN)CCC2)nc2cccnc21. The normalized spacial score (nSPS) is 17.9. The number of fused-ring (bicyclic) bond motifs is 1. The lowest BCUT2D eigenvalue weighted by molar-refractivity contribution is 0.140. The summed E-state index contributed by atoms with van der Waals surface area (Å²) in [5, 5.41) is 0. The highest BCUT2D eigenvalue weighted by Crippen LogP contribution is 2.42. The zero-order chi connectivity index (χ0) is 12.6. The number of nitrogens with two attached hydrogens (primary N) is 1. The monoisotopic (exact) mass is 244 g/mol. The van der Waals surface area contributed by atoms with Crippen LogP contribution >= 0.6 is 0 Å². The van der Waals surface area contributed by atoms with E-state index in [4.69, 9.17) is 10.7 Å². The van der Waals surface area contributed by atoms with Crippen LogP contribution in [-0.4, -0.2) is 21.1 Å². The molecule has 1 aliphatic carbocycles. The van der Waals surface area contributed by atoms with Crippen molar-refractivity contribution in [3.63, 3.8) is 0 Å². The van der Waals surface area contributed by atoms with E-state index in [2.05, 4.69) is 16.5 Å². The largest absolute Gasteiger partial charge is 0.330 e. The van der Waals surface area contributed by atoms with Gasteiger partial charge in [0.25, 0.3) is 0 Å². The first-order valence-electron chi connectivity index (χ1n) is 6.78. The Bertz CT molecular complexity index is 548. The first-order valence-corrected chi connectivity index (χ1v) is 6.78. The molecule has 2 aromatic heterocycles. The minimum atomic E-state index is 0.300. The molecule has 0 aliphatic heterocycles. The Balaban J connectivity index is 2.00. The summed E-state index contributed by atoms with van der Waals surface area (Å²) in [5.41, 5.74) is 8.25. The predicted octanol–water partition coefficient (Wildman–Crippen LogP) is 2.12. The molecule has 4 nitrogen and oxygen atoms in total. The van der Waals surface area contributed by atoms with Gasteiger partial charge in [-0.15, -0.1) is 0 Å². The molecule has 2 N–H and O–H groups in total. The number of aryl methyl sites for hydroxylation is 1. The van der Waals surface area contributed by atoms with Gasteiger partial charge in [-0.05, 0) is 43.9 Å². The van der Waals surface area contributed by atoms with Crippen molar-refractivity contribution in [2.75, 3.05) is 6.54 Å². The minimum absolute atomic E-state index is 0.300. The van der Waals surface area contributed by atoms with Crippen LogP contribution in [-0.2, 0) is 13.0 Å². The average Bonchev–Trinajstić information content (AvgIpc) is 2.70. The molecule has 1 saturated carbocycles. The Morgan fingerprint density at radius 1 is 1.44 bits per heavy atom. The van der Waals surface area contributed by atoms with Gasteiger partial charge >= 0.3 is 0 Å². The maximum absolute atomic E-state index is 5.95. The zero-order valence-corrected chi connectivity index (χ0v) is 10.9. The summed E-state index contributed by atoms with van der Waals surface area (Å²) in [6.45, 7) is 3.84. The molecule has 0 saturated heterocycles. The molecular weight excluding hydrogens is 224 g/mol. The molecule has 0 bridgehead atoms. The summed E-state index contributed by atoms with van der Waals surface area (Å²) < 4.78 is 2.23. The van der Waals surface area contributed by atoms with Crippen LogP contribution in [0, 0.1) is 5.41 Å². The van der Waals surface area contributed by atoms with Crippen LogP contribution in [0.15, 0.2) is 18.3 Å². The second-order valence-electron chi connectivity index (χ2n) is 5.35. The van der Waals surface area contributed by atoms with Gasteiger partial charge in [0, 0.05) is 19.2 Å². The van der Waals surface area contributed by atoms with Gasteiger partial charge in [0.1, 0.15) is 11.3 Å². The lowest BCUT2D eigenvalue weighted by atomic mass is 9.66. The third-order valence-corrected chi connectivity index (χ3v) is 4.28. The number of hydrogen-bond donors (Lipinski definition) is 1. The van der Waals surface area contributed by atoms with E-state index in [9.17, 15) is 0 Å². The molecule has 2 heterocycles. The maximum Gasteiger partial charge on any atom is 0.159 e.